The minimum Gasteiger partial charge on any atom is -0.355 e. The first-order chi connectivity index (χ1) is 9.61. The van der Waals surface area contributed by atoms with E-state index in [1.54, 1.807) is 18.1 Å². The van der Waals surface area contributed by atoms with E-state index in [-0.39, 0.29) is 0 Å². The number of hydrogen-bond acceptors (Lipinski definition) is 4. The first-order valence-electron chi connectivity index (χ1n) is 7.11. The highest BCUT2D eigenvalue weighted by Crippen LogP contribution is 2.26. The average Bonchev–Trinajstić information content (AvgIpc) is 3.22. The van der Waals surface area contributed by atoms with E-state index in [2.05, 4.69) is 44.6 Å². The lowest BCUT2D eigenvalue weighted by atomic mass is 10.3. The first kappa shape index (κ1) is 14.8. The fourth-order valence-electron chi connectivity index (χ4n) is 2.09. The van der Waals surface area contributed by atoms with Gasteiger partial charge in [-0.1, -0.05) is 0 Å². The molecular formula is C13H25N7. The lowest BCUT2D eigenvalue weighted by Crippen LogP contribution is -2.45. The van der Waals surface area contributed by atoms with Crippen LogP contribution in [0.2, 0.25) is 0 Å². The van der Waals surface area contributed by atoms with Gasteiger partial charge in [0.2, 0.25) is 0 Å². The summed E-state index contributed by atoms with van der Waals surface area (Å²) in [7, 11) is 5.86. The standard InChI is InChI=1S/C13H25N7/c1-10(19(3)11-5-6-11)7-15-13(14-2)16-8-12-17-9-18-20(12)4/h9-11H,5-8H2,1-4H3,(H2,14,15,16). The van der Waals surface area contributed by atoms with Crippen LogP contribution in [0.1, 0.15) is 25.6 Å². The fraction of sp³-hybridized carbons (Fsp3) is 0.769. The summed E-state index contributed by atoms with van der Waals surface area (Å²) < 4.78 is 1.75. The van der Waals surface area contributed by atoms with Crippen molar-refractivity contribution in [3.8, 4) is 0 Å². The van der Waals surface area contributed by atoms with Crippen LogP contribution in [0.15, 0.2) is 11.3 Å². The number of rotatable bonds is 6. The van der Waals surface area contributed by atoms with Crippen LogP contribution in [-0.4, -0.2) is 58.3 Å². The summed E-state index contributed by atoms with van der Waals surface area (Å²) in [6.45, 7) is 3.73. The average molecular weight is 279 g/mol. The molecule has 0 spiro atoms. The third-order valence-corrected chi connectivity index (χ3v) is 3.83. The number of nitrogens with one attached hydrogen (secondary N) is 2. The smallest absolute Gasteiger partial charge is 0.191 e. The number of hydrogen-bond donors (Lipinski definition) is 2. The van der Waals surface area contributed by atoms with Gasteiger partial charge in [-0.15, -0.1) is 0 Å². The topological polar surface area (TPSA) is 70.4 Å². The molecule has 1 fully saturated rings. The van der Waals surface area contributed by atoms with Crippen LogP contribution in [0.5, 0.6) is 0 Å². The van der Waals surface area contributed by atoms with E-state index in [9.17, 15) is 0 Å². The van der Waals surface area contributed by atoms with Crippen molar-refractivity contribution in [3.05, 3.63) is 12.2 Å². The van der Waals surface area contributed by atoms with Gasteiger partial charge in [-0.25, -0.2) is 4.98 Å². The van der Waals surface area contributed by atoms with Gasteiger partial charge >= 0.3 is 0 Å². The second-order valence-electron chi connectivity index (χ2n) is 5.35. The Hall–Kier alpha value is -1.63. The molecule has 0 bridgehead atoms. The van der Waals surface area contributed by atoms with Crippen molar-refractivity contribution in [1.82, 2.24) is 30.3 Å². The van der Waals surface area contributed by atoms with Crippen LogP contribution in [0.3, 0.4) is 0 Å². The van der Waals surface area contributed by atoms with E-state index >= 15 is 0 Å². The molecule has 0 aliphatic heterocycles. The van der Waals surface area contributed by atoms with Crippen molar-refractivity contribution >= 4 is 5.96 Å². The molecule has 1 aliphatic carbocycles. The predicted octanol–water partition coefficient (Wildman–Crippen LogP) is -0.0372. The highest BCUT2D eigenvalue weighted by Gasteiger charge is 2.28. The summed E-state index contributed by atoms with van der Waals surface area (Å²) in [4.78, 5) is 10.8. The van der Waals surface area contributed by atoms with Gasteiger partial charge in [-0.3, -0.25) is 14.6 Å². The van der Waals surface area contributed by atoms with Crippen molar-refractivity contribution in [2.24, 2.45) is 12.0 Å². The molecule has 1 aliphatic rings. The molecule has 1 saturated carbocycles. The van der Waals surface area contributed by atoms with Gasteiger partial charge in [0.1, 0.15) is 12.2 Å². The molecule has 1 atom stereocenters. The number of likely N-dealkylation sites (N-methyl/N-ethyl adjacent to an activating group) is 1. The molecule has 0 aromatic carbocycles. The highest BCUT2D eigenvalue weighted by atomic mass is 15.3. The SMILES string of the molecule is CN=C(NCc1ncnn1C)NCC(C)N(C)C1CC1. The fourth-order valence-corrected chi connectivity index (χ4v) is 2.09. The number of guanidine groups is 1. The van der Waals surface area contributed by atoms with E-state index in [0.717, 1.165) is 24.4 Å². The zero-order valence-electron chi connectivity index (χ0n) is 12.8. The summed E-state index contributed by atoms with van der Waals surface area (Å²) in [5.74, 6) is 1.68. The van der Waals surface area contributed by atoms with Gasteiger partial charge in [-0.2, -0.15) is 5.10 Å². The molecule has 1 aromatic rings. The van der Waals surface area contributed by atoms with Crippen molar-refractivity contribution in [1.29, 1.82) is 0 Å². The van der Waals surface area contributed by atoms with Gasteiger partial charge in [0.05, 0.1) is 6.54 Å². The molecule has 0 amide bonds. The Morgan fingerprint density at radius 1 is 1.55 bits per heavy atom. The van der Waals surface area contributed by atoms with Crippen molar-refractivity contribution < 1.29 is 0 Å². The Kier molecular flexibility index (Phi) is 4.94. The number of aryl methyl sites for hydroxylation is 1. The molecule has 0 saturated heterocycles. The van der Waals surface area contributed by atoms with E-state index in [0.29, 0.717) is 12.6 Å². The Labute approximate surface area is 120 Å². The summed E-state index contributed by atoms with van der Waals surface area (Å²) in [5.41, 5.74) is 0. The van der Waals surface area contributed by atoms with Crippen molar-refractivity contribution in [2.75, 3.05) is 20.6 Å². The Bertz CT molecular complexity index is 449. The summed E-state index contributed by atoms with van der Waals surface area (Å²) in [6.07, 6.45) is 4.22. The zero-order chi connectivity index (χ0) is 14.5. The van der Waals surface area contributed by atoms with Crippen LogP contribution < -0.4 is 10.6 Å². The molecule has 112 valence electrons. The molecule has 1 aromatic heterocycles. The maximum Gasteiger partial charge on any atom is 0.191 e. The van der Waals surface area contributed by atoms with Crippen LogP contribution in [0.4, 0.5) is 0 Å². The molecular weight excluding hydrogens is 254 g/mol. The predicted molar refractivity (Wildman–Crippen MR) is 79.5 cm³/mol. The van der Waals surface area contributed by atoms with Gasteiger partial charge in [0.25, 0.3) is 0 Å². The van der Waals surface area contributed by atoms with Gasteiger partial charge in [-0.05, 0) is 26.8 Å². The van der Waals surface area contributed by atoms with Gasteiger partial charge in [0.15, 0.2) is 5.96 Å². The number of aromatic nitrogens is 3. The Morgan fingerprint density at radius 2 is 2.30 bits per heavy atom. The Balaban J connectivity index is 1.73. The van der Waals surface area contributed by atoms with E-state index < -0.39 is 0 Å². The minimum atomic E-state index is 0.496. The minimum absolute atomic E-state index is 0.496. The lowest BCUT2D eigenvalue weighted by Gasteiger charge is -2.25. The molecule has 7 nitrogen and oxygen atoms in total. The second-order valence-corrected chi connectivity index (χ2v) is 5.35. The summed E-state index contributed by atoms with van der Waals surface area (Å²) in [5, 5.41) is 10.6. The third-order valence-electron chi connectivity index (χ3n) is 3.83. The molecule has 2 rings (SSSR count). The van der Waals surface area contributed by atoms with Crippen molar-refractivity contribution in [2.45, 2.75) is 38.4 Å². The van der Waals surface area contributed by atoms with Crippen LogP contribution in [0.25, 0.3) is 0 Å². The summed E-state index contributed by atoms with van der Waals surface area (Å²) >= 11 is 0. The first-order valence-corrected chi connectivity index (χ1v) is 7.11. The van der Waals surface area contributed by atoms with E-state index in [1.807, 2.05) is 7.05 Å². The lowest BCUT2D eigenvalue weighted by molar-refractivity contribution is 0.247. The van der Waals surface area contributed by atoms with E-state index in [4.69, 9.17) is 0 Å². The van der Waals surface area contributed by atoms with Crippen LogP contribution in [0, 0.1) is 0 Å². The van der Waals surface area contributed by atoms with Crippen LogP contribution >= 0.6 is 0 Å². The number of aliphatic imine (C=N–C) groups is 1. The maximum absolute atomic E-state index is 4.23. The third kappa shape index (κ3) is 3.93. The monoisotopic (exact) mass is 279 g/mol. The molecule has 1 unspecified atom stereocenters. The quantitative estimate of drug-likeness (QED) is 0.565. The normalized spacial score (nSPS) is 17.4. The van der Waals surface area contributed by atoms with E-state index in [1.165, 1.54) is 12.8 Å². The number of nitrogens with zero attached hydrogens (tertiary/aromatic N) is 5. The van der Waals surface area contributed by atoms with Crippen LogP contribution in [-0.2, 0) is 13.6 Å². The zero-order valence-corrected chi connectivity index (χ0v) is 12.8. The highest BCUT2D eigenvalue weighted by molar-refractivity contribution is 5.79. The largest absolute Gasteiger partial charge is 0.355 e. The molecule has 1 heterocycles. The second kappa shape index (κ2) is 6.69. The van der Waals surface area contributed by atoms with Gasteiger partial charge in [0, 0.05) is 32.7 Å². The van der Waals surface area contributed by atoms with Gasteiger partial charge < -0.3 is 10.6 Å². The summed E-state index contributed by atoms with van der Waals surface area (Å²) in [6, 6.07) is 1.27. The molecule has 20 heavy (non-hydrogen) atoms. The molecule has 2 N–H and O–H groups in total. The Morgan fingerprint density at radius 3 is 2.85 bits per heavy atom. The molecule has 7 heteroatoms. The molecule has 0 radical (unpaired) electrons. The maximum atomic E-state index is 4.23. The van der Waals surface area contributed by atoms with Crippen molar-refractivity contribution in [3.63, 3.8) is 0 Å².